The summed E-state index contributed by atoms with van der Waals surface area (Å²) >= 11 is 0. The van der Waals surface area contributed by atoms with Crippen molar-refractivity contribution in [3.05, 3.63) is 59.1 Å². The van der Waals surface area contributed by atoms with E-state index in [1.54, 1.807) is 16.9 Å². The van der Waals surface area contributed by atoms with E-state index >= 15 is 0 Å². The summed E-state index contributed by atoms with van der Waals surface area (Å²) < 4.78 is 62.0. The van der Waals surface area contributed by atoms with Gasteiger partial charge in [0.2, 0.25) is 0 Å². The molecule has 0 bridgehead atoms. The van der Waals surface area contributed by atoms with E-state index in [2.05, 4.69) is 20.3 Å². The van der Waals surface area contributed by atoms with Gasteiger partial charge in [-0.15, -0.1) is 13.2 Å². The summed E-state index contributed by atoms with van der Waals surface area (Å²) in [6.45, 7) is 4.53. The second kappa shape index (κ2) is 12.1. The molecule has 1 saturated carbocycles. The molecule has 2 atom stereocenters. The average Bonchev–Trinajstić information content (AvgIpc) is 3.66. The van der Waals surface area contributed by atoms with Crippen LogP contribution < -0.4 is 20.3 Å². The first-order chi connectivity index (χ1) is 19.9. The van der Waals surface area contributed by atoms with Crippen LogP contribution in [-0.4, -0.2) is 50.3 Å². The zero-order valence-electron chi connectivity index (χ0n) is 23.2. The topological polar surface area (TPSA) is 119 Å². The molecule has 2 aromatic heterocycles. The first-order valence-corrected chi connectivity index (χ1v) is 13.7. The smallest absolute Gasteiger partial charge is 0.452 e. The Morgan fingerprint density at radius 2 is 1.93 bits per heavy atom. The molecule has 42 heavy (non-hydrogen) atoms. The number of nitrogens with one attached hydrogen (secondary N) is 1. The molecule has 1 amide bonds. The molecular weight excluding hydrogens is 559 g/mol. The fourth-order valence-corrected chi connectivity index (χ4v) is 5.24. The minimum absolute atomic E-state index is 0.102. The number of anilines is 1. The third-order valence-electron chi connectivity index (χ3n) is 7.08. The summed E-state index contributed by atoms with van der Waals surface area (Å²) in [5, 5.41) is 11.4. The van der Waals surface area contributed by atoms with Crippen molar-refractivity contribution in [2.45, 2.75) is 76.8 Å². The lowest BCUT2D eigenvalue weighted by Crippen LogP contribution is -2.36. The summed E-state index contributed by atoms with van der Waals surface area (Å²) in [5.41, 5.74) is -0.647. The number of carbonyl (C=O) groups is 1. The van der Waals surface area contributed by atoms with Crippen molar-refractivity contribution >= 4 is 11.7 Å². The monoisotopic (exact) mass is 591 g/mol. The van der Waals surface area contributed by atoms with Gasteiger partial charge in [-0.05, 0) is 38.3 Å². The van der Waals surface area contributed by atoms with E-state index in [1.165, 1.54) is 24.4 Å². The fourth-order valence-electron chi connectivity index (χ4n) is 5.24. The summed E-state index contributed by atoms with van der Waals surface area (Å²) in [4.78, 5) is 26.6. The Hall–Kier alpha value is -3.91. The van der Waals surface area contributed by atoms with Crippen LogP contribution >= 0.6 is 0 Å². The normalized spacial score (nSPS) is 19.5. The molecule has 3 heterocycles. The largest absolute Gasteiger partial charge is 0.573 e. The molecule has 1 aromatic carbocycles. The molecule has 11 nitrogen and oxygen atoms in total. The van der Waals surface area contributed by atoms with Crippen LogP contribution in [0.25, 0.3) is 0 Å². The van der Waals surface area contributed by atoms with E-state index in [1.807, 2.05) is 13.8 Å². The van der Waals surface area contributed by atoms with E-state index in [9.17, 15) is 22.8 Å². The number of para-hydroxylation sites is 2. The van der Waals surface area contributed by atoms with Crippen molar-refractivity contribution in [1.29, 1.82) is 0 Å². The minimum Gasteiger partial charge on any atom is -0.452 e. The number of amides is 1. The molecule has 0 spiro atoms. The van der Waals surface area contributed by atoms with Gasteiger partial charge in [-0.1, -0.05) is 37.8 Å². The first-order valence-electron chi connectivity index (χ1n) is 13.7. The molecule has 1 aliphatic heterocycles. The number of hydrogen-bond donors (Lipinski definition) is 1. The number of aromatic nitrogens is 4. The Bertz CT molecular complexity index is 1450. The highest BCUT2D eigenvalue weighted by atomic mass is 19.4. The molecule has 1 unspecified atom stereocenters. The number of alkyl halides is 3. The zero-order valence-corrected chi connectivity index (χ0v) is 23.2. The number of nitrogens with zero attached hydrogens (tertiary/aromatic N) is 4. The van der Waals surface area contributed by atoms with Crippen LogP contribution in [0.3, 0.4) is 0 Å². The predicted octanol–water partition coefficient (Wildman–Crippen LogP) is 5.04. The minimum atomic E-state index is -4.92. The first kappa shape index (κ1) is 29.6. The fraction of sp³-hybridized carbons (Fsp3) is 0.500. The van der Waals surface area contributed by atoms with Gasteiger partial charge in [0, 0.05) is 18.3 Å². The maximum atomic E-state index is 13.5. The number of carbonyl (C=O) groups excluding carboxylic acids is 1. The second-order valence-electron chi connectivity index (χ2n) is 10.8. The summed E-state index contributed by atoms with van der Waals surface area (Å²) in [7, 11) is 0. The lowest BCUT2D eigenvalue weighted by molar-refractivity contribution is -0.275. The molecule has 1 aliphatic carbocycles. The molecule has 2 aliphatic rings. The van der Waals surface area contributed by atoms with Crippen LogP contribution in [0.5, 0.6) is 17.2 Å². The Morgan fingerprint density at radius 1 is 1.19 bits per heavy atom. The van der Waals surface area contributed by atoms with Crippen molar-refractivity contribution in [2.24, 2.45) is 5.92 Å². The van der Waals surface area contributed by atoms with Crippen LogP contribution in [0.2, 0.25) is 0 Å². The quantitative estimate of drug-likeness (QED) is 0.348. The molecule has 3 aromatic rings. The van der Waals surface area contributed by atoms with Crippen molar-refractivity contribution in [1.82, 2.24) is 19.6 Å². The molecule has 2 fully saturated rings. The van der Waals surface area contributed by atoms with Crippen molar-refractivity contribution in [3.8, 4) is 17.2 Å². The molecule has 1 N–H and O–H groups in total. The van der Waals surface area contributed by atoms with Crippen molar-refractivity contribution in [3.63, 3.8) is 0 Å². The van der Waals surface area contributed by atoms with Gasteiger partial charge in [0.25, 0.3) is 11.5 Å². The Morgan fingerprint density at radius 3 is 2.60 bits per heavy atom. The van der Waals surface area contributed by atoms with Gasteiger partial charge in [0.1, 0.15) is 12.1 Å². The SMILES string of the molecule is CC1(C)OC[C@@H](Cn2ccc(NC(=O)C(CC3CCCC3)n3ncc(Oc4ccccc4OC(F)(F)F)cc3=O)n2)O1. The molecule has 0 radical (unpaired) electrons. The lowest BCUT2D eigenvalue weighted by Gasteiger charge is -2.21. The number of halogens is 3. The Kier molecular flexibility index (Phi) is 8.55. The molecule has 5 rings (SSSR count). The summed E-state index contributed by atoms with van der Waals surface area (Å²) in [6.07, 6.45) is 2.14. The predicted molar refractivity (Wildman–Crippen MR) is 143 cm³/mol. The van der Waals surface area contributed by atoms with E-state index in [0.29, 0.717) is 25.4 Å². The van der Waals surface area contributed by atoms with Gasteiger partial charge in [-0.3, -0.25) is 14.3 Å². The average molecular weight is 592 g/mol. The number of hydrogen-bond acceptors (Lipinski definition) is 8. The van der Waals surface area contributed by atoms with Gasteiger partial charge >= 0.3 is 6.36 Å². The van der Waals surface area contributed by atoms with Crippen molar-refractivity contribution in [2.75, 3.05) is 11.9 Å². The van der Waals surface area contributed by atoms with Crippen LogP contribution in [0.15, 0.2) is 53.6 Å². The Balaban J connectivity index is 1.31. The van der Waals surface area contributed by atoms with E-state index in [0.717, 1.165) is 42.5 Å². The third-order valence-corrected chi connectivity index (χ3v) is 7.08. The van der Waals surface area contributed by atoms with E-state index in [-0.39, 0.29) is 23.5 Å². The number of ether oxygens (including phenoxy) is 4. The van der Waals surface area contributed by atoms with Gasteiger partial charge in [-0.2, -0.15) is 10.2 Å². The van der Waals surface area contributed by atoms with Gasteiger partial charge in [-0.25, -0.2) is 4.68 Å². The zero-order chi connectivity index (χ0) is 29.9. The maximum absolute atomic E-state index is 13.5. The third kappa shape index (κ3) is 7.68. The van der Waals surface area contributed by atoms with Gasteiger partial charge < -0.3 is 24.3 Å². The standard InChI is InChI=1S/C28H32F3N5O6/c1-27(2)39-17-20(41-27)16-35-12-11-24(34-35)33-26(38)21(13-18-7-3-4-8-18)36-25(37)14-19(15-32-36)40-22-9-5-6-10-23(22)42-28(29,30)31/h5-6,9-12,14-15,18,20-21H,3-4,7-8,13,16-17H2,1-2H3,(H,33,34,38)/t20-,21?/m1/s1. The van der Waals surface area contributed by atoms with Gasteiger partial charge in [0.05, 0.1) is 19.3 Å². The highest BCUT2D eigenvalue weighted by molar-refractivity contribution is 5.92. The number of rotatable bonds is 10. The maximum Gasteiger partial charge on any atom is 0.573 e. The van der Waals surface area contributed by atoms with Crippen LogP contribution in [0.4, 0.5) is 19.0 Å². The molecule has 1 saturated heterocycles. The van der Waals surface area contributed by atoms with E-state index < -0.39 is 35.4 Å². The Labute approximate surface area is 239 Å². The van der Waals surface area contributed by atoms with Crippen molar-refractivity contribution < 1.29 is 36.9 Å². The van der Waals surface area contributed by atoms with Crippen LogP contribution in [0, 0.1) is 5.92 Å². The highest BCUT2D eigenvalue weighted by Gasteiger charge is 2.34. The van der Waals surface area contributed by atoms with Crippen LogP contribution in [-0.2, 0) is 20.8 Å². The summed E-state index contributed by atoms with van der Waals surface area (Å²) in [6, 6.07) is 6.98. The number of benzene rings is 1. The van der Waals surface area contributed by atoms with Crippen LogP contribution in [0.1, 0.15) is 52.0 Å². The van der Waals surface area contributed by atoms with Gasteiger partial charge in [0.15, 0.2) is 28.9 Å². The highest BCUT2D eigenvalue weighted by Crippen LogP contribution is 2.35. The molecule has 226 valence electrons. The van der Waals surface area contributed by atoms with E-state index in [4.69, 9.17) is 14.2 Å². The molecular formula is C28H32F3N5O6. The second-order valence-corrected chi connectivity index (χ2v) is 10.8. The molecule has 14 heteroatoms. The summed E-state index contributed by atoms with van der Waals surface area (Å²) in [5.74, 6) is -1.49. The lowest BCUT2D eigenvalue weighted by atomic mass is 9.98.